The first kappa shape index (κ1) is 18.0. The van der Waals surface area contributed by atoms with Crippen molar-refractivity contribution in [2.75, 3.05) is 5.32 Å². The summed E-state index contributed by atoms with van der Waals surface area (Å²) in [6, 6.07) is 8.27. The van der Waals surface area contributed by atoms with E-state index in [4.69, 9.17) is 5.73 Å². The number of nitrogens with one attached hydrogen (secondary N) is 1. The highest BCUT2D eigenvalue weighted by Gasteiger charge is 2.14. The molecule has 3 aromatic rings. The minimum Gasteiger partial charge on any atom is -0.378 e. The van der Waals surface area contributed by atoms with Crippen LogP contribution in [0.3, 0.4) is 0 Å². The molecule has 5 nitrogen and oxygen atoms in total. The van der Waals surface area contributed by atoms with Crippen molar-refractivity contribution in [2.45, 2.75) is 47.1 Å². The van der Waals surface area contributed by atoms with Crippen LogP contribution in [0, 0.1) is 13.8 Å². The summed E-state index contributed by atoms with van der Waals surface area (Å²) in [7, 11) is 0. The number of hydrogen-bond donors (Lipinski definition) is 2. The van der Waals surface area contributed by atoms with Crippen molar-refractivity contribution < 1.29 is 4.79 Å². The molecule has 26 heavy (non-hydrogen) atoms. The molecule has 136 valence electrons. The van der Waals surface area contributed by atoms with Crippen LogP contribution in [0.2, 0.25) is 0 Å². The van der Waals surface area contributed by atoms with Gasteiger partial charge in [-0.15, -0.1) is 0 Å². The van der Waals surface area contributed by atoms with E-state index >= 15 is 0 Å². The largest absolute Gasteiger partial charge is 0.378 e. The van der Waals surface area contributed by atoms with Crippen LogP contribution in [-0.4, -0.2) is 15.3 Å². The highest BCUT2D eigenvalue weighted by Crippen LogP contribution is 2.24. The second-order valence-corrected chi connectivity index (χ2v) is 6.60. The van der Waals surface area contributed by atoms with Gasteiger partial charge in [0.25, 0.3) is 0 Å². The van der Waals surface area contributed by atoms with Crippen LogP contribution in [0.15, 0.2) is 30.5 Å². The zero-order valence-electron chi connectivity index (χ0n) is 15.9. The standard InChI is InChI=1S/C21H26N4O/c1-5-15-8-7-9-16(6-2)18(15)11-23-19-10-17(20(22)26)12-25-14(4)13(3)24-21(19)25/h7-10,12,23H,5-6,11H2,1-4H3,(H2,22,26). The fourth-order valence-corrected chi connectivity index (χ4v) is 3.40. The topological polar surface area (TPSA) is 72.4 Å². The average molecular weight is 350 g/mol. The van der Waals surface area contributed by atoms with Crippen LogP contribution in [0.1, 0.15) is 52.3 Å². The van der Waals surface area contributed by atoms with Crippen molar-refractivity contribution in [3.8, 4) is 0 Å². The molecule has 0 atom stereocenters. The van der Waals surface area contributed by atoms with Gasteiger partial charge in [-0.2, -0.15) is 0 Å². The summed E-state index contributed by atoms with van der Waals surface area (Å²) in [6.07, 6.45) is 3.74. The Kier molecular flexibility index (Phi) is 4.98. The number of nitrogens with zero attached hydrogens (tertiary/aromatic N) is 2. The van der Waals surface area contributed by atoms with Crippen LogP contribution in [-0.2, 0) is 19.4 Å². The smallest absolute Gasteiger partial charge is 0.250 e. The second-order valence-electron chi connectivity index (χ2n) is 6.60. The number of amides is 1. The molecule has 0 fully saturated rings. The first-order chi connectivity index (χ1) is 12.5. The maximum Gasteiger partial charge on any atom is 0.250 e. The van der Waals surface area contributed by atoms with Crippen molar-refractivity contribution >= 4 is 17.2 Å². The predicted molar refractivity (Wildman–Crippen MR) is 106 cm³/mol. The summed E-state index contributed by atoms with van der Waals surface area (Å²) in [4.78, 5) is 16.4. The van der Waals surface area contributed by atoms with Crippen molar-refractivity contribution in [2.24, 2.45) is 5.73 Å². The van der Waals surface area contributed by atoms with Gasteiger partial charge in [0.1, 0.15) is 0 Å². The Bertz CT molecular complexity index is 950. The SMILES string of the molecule is CCc1cccc(CC)c1CNc1cc(C(N)=O)cn2c(C)c(C)nc12. The number of hydrogen-bond acceptors (Lipinski definition) is 3. The van der Waals surface area contributed by atoms with Gasteiger partial charge in [0.15, 0.2) is 5.65 Å². The van der Waals surface area contributed by atoms with E-state index in [1.165, 1.54) is 16.7 Å². The van der Waals surface area contributed by atoms with E-state index in [1.54, 1.807) is 12.3 Å². The molecule has 1 amide bonds. The molecule has 2 aromatic heterocycles. The zero-order chi connectivity index (χ0) is 18.8. The Morgan fingerprint density at radius 2 is 1.85 bits per heavy atom. The van der Waals surface area contributed by atoms with Gasteiger partial charge >= 0.3 is 0 Å². The van der Waals surface area contributed by atoms with Gasteiger partial charge in [-0.25, -0.2) is 4.98 Å². The molecule has 0 radical (unpaired) electrons. The summed E-state index contributed by atoms with van der Waals surface area (Å²) < 4.78 is 1.93. The van der Waals surface area contributed by atoms with Crippen LogP contribution in [0.25, 0.3) is 5.65 Å². The molecule has 1 aromatic carbocycles. The lowest BCUT2D eigenvalue weighted by Crippen LogP contribution is -2.14. The van der Waals surface area contributed by atoms with Crippen LogP contribution in [0.4, 0.5) is 5.69 Å². The number of benzene rings is 1. The lowest BCUT2D eigenvalue weighted by molar-refractivity contribution is 0.1000. The van der Waals surface area contributed by atoms with Crippen molar-refractivity contribution in [1.82, 2.24) is 9.38 Å². The van der Waals surface area contributed by atoms with E-state index in [2.05, 4.69) is 42.3 Å². The number of imidazole rings is 1. The number of primary amides is 1. The third kappa shape index (κ3) is 3.17. The summed E-state index contributed by atoms with van der Waals surface area (Å²) in [5.41, 5.74) is 13.6. The summed E-state index contributed by atoms with van der Waals surface area (Å²) >= 11 is 0. The van der Waals surface area contributed by atoms with Crippen molar-refractivity contribution in [3.63, 3.8) is 0 Å². The number of carbonyl (C=O) groups excluding carboxylic acids is 1. The Balaban J connectivity index is 2.04. The van der Waals surface area contributed by atoms with Gasteiger partial charge in [-0.05, 0) is 49.4 Å². The third-order valence-corrected chi connectivity index (χ3v) is 5.07. The molecule has 2 heterocycles. The van der Waals surface area contributed by atoms with Crippen LogP contribution < -0.4 is 11.1 Å². The lowest BCUT2D eigenvalue weighted by atomic mass is 9.97. The second kappa shape index (κ2) is 7.20. The minimum absolute atomic E-state index is 0.441. The Morgan fingerprint density at radius 1 is 1.19 bits per heavy atom. The molecule has 0 unspecified atom stereocenters. The number of aryl methyl sites for hydroxylation is 4. The molecule has 0 aliphatic heterocycles. The molecule has 0 saturated heterocycles. The maximum absolute atomic E-state index is 11.8. The maximum atomic E-state index is 11.8. The molecule has 3 N–H and O–H groups in total. The van der Waals surface area contributed by atoms with E-state index < -0.39 is 5.91 Å². The monoisotopic (exact) mass is 350 g/mol. The molecular weight excluding hydrogens is 324 g/mol. The molecule has 0 bridgehead atoms. The number of pyridine rings is 1. The zero-order valence-corrected chi connectivity index (χ0v) is 15.9. The summed E-state index contributed by atoms with van der Waals surface area (Å²) in [5, 5.41) is 3.50. The van der Waals surface area contributed by atoms with Crippen LogP contribution in [0.5, 0.6) is 0 Å². The Labute approximate surface area is 154 Å². The van der Waals surface area contributed by atoms with Gasteiger partial charge in [0.05, 0.1) is 16.9 Å². The fraction of sp³-hybridized carbons (Fsp3) is 0.333. The van der Waals surface area contributed by atoms with Gasteiger partial charge in [-0.3, -0.25) is 4.79 Å². The molecule has 0 spiro atoms. The fourth-order valence-electron chi connectivity index (χ4n) is 3.40. The first-order valence-electron chi connectivity index (χ1n) is 9.08. The van der Waals surface area contributed by atoms with Gasteiger partial charge < -0.3 is 15.5 Å². The number of anilines is 1. The van der Waals surface area contributed by atoms with Crippen molar-refractivity contribution in [3.05, 3.63) is 64.1 Å². The number of aromatic nitrogens is 2. The molecule has 0 aliphatic carbocycles. The normalized spacial score (nSPS) is 11.1. The number of nitrogens with two attached hydrogens (primary N) is 1. The Hall–Kier alpha value is -2.82. The average Bonchev–Trinajstić information content (AvgIpc) is 2.93. The first-order valence-corrected chi connectivity index (χ1v) is 9.08. The number of rotatable bonds is 6. The number of fused-ring (bicyclic) bond motifs is 1. The van der Waals surface area contributed by atoms with Crippen LogP contribution >= 0.6 is 0 Å². The minimum atomic E-state index is -0.441. The Morgan fingerprint density at radius 3 is 2.42 bits per heavy atom. The molecule has 0 aliphatic rings. The van der Waals surface area contributed by atoms with Gasteiger partial charge in [0.2, 0.25) is 5.91 Å². The van der Waals surface area contributed by atoms with E-state index in [9.17, 15) is 4.79 Å². The van der Waals surface area contributed by atoms with E-state index in [0.29, 0.717) is 12.1 Å². The highest BCUT2D eigenvalue weighted by molar-refractivity contribution is 5.94. The molecular formula is C21H26N4O. The van der Waals surface area contributed by atoms with E-state index in [0.717, 1.165) is 35.6 Å². The van der Waals surface area contributed by atoms with Gasteiger partial charge in [0, 0.05) is 18.4 Å². The van der Waals surface area contributed by atoms with Gasteiger partial charge in [-0.1, -0.05) is 32.0 Å². The summed E-state index contributed by atoms with van der Waals surface area (Å²) in [5.74, 6) is -0.441. The predicted octanol–water partition coefficient (Wildman–Crippen LogP) is 3.79. The highest BCUT2D eigenvalue weighted by atomic mass is 16.1. The van der Waals surface area contributed by atoms with E-state index in [1.807, 2.05) is 18.2 Å². The lowest BCUT2D eigenvalue weighted by Gasteiger charge is -2.16. The molecule has 3 rings (SSSR count). The third-order valence-electron chi connectivity index (χ3n) is 5.07. The van der Waals surface area contributed by atoms with E-state index in [-0.39, 0.29) is 0 Å². The molecule has 0 saturated carbocycles. The number of carbonyl (C=O) groups is 1. The molecule has 5 heteroatoms. The quantitative estimate of drug-likeness (QED) is 0.710. The van der Waals surface area contributed by atoms with Crippen molar-refractivity contribution in [1.29, 1.82) is 0 Å². The summed E-state index contributed by atoms with van der Waals surface area (Å²) in [6.45, 7) is 9.00.